The lowest BCUT2D eigenvalue weighted by Gasteiger charge is -2.35. The second-order valence-corrected chi connectivity index (χ2v) is 5.72. The van der Waals surface area contributed by atoms with Crippen LogP contribution < -0.4 is 10.1 Å². The minimum Gasteiger partial charge on any atom is -0.508 e. The van der Waals surface area contributed by atoms with Crippen molar-refractivity contribution in [3.05, 3.63) is 23.8 Å². The van der Waals surface area contributed by atoms with E-state index < -0.39 is 30.8 Å². The highest BCUT2D eigenvalue weighted by atomic mass is 35.5. The van der Waals surface area contributed by atoms with Gasteiger partial charge in [0.15, 0.2) is 0 Å². The van der Waals surface area contributed by atoms with Crippen LogP contribution in [0.5, 0.6) is 11.5 Å². The molecular formula is C15H19ClF6N2O2. The topological polar surface area (TPSA) is 44.7 Å². The number of ether oxygens (including phenoxy) is 1. The Morgan fingerprint density at radius 2 is 1.73 bits per heavy atom. The number of halogens is 7. The van der Waals surface area contributed by atoms with Crippen molar-refractivity contribution in [1.82, 2.24) is 10.2 Å². The van der Waals surface area contributed by atoms with Crippen molar-refractivity contribution in [3.63, 3.8) is 0 Å². The van der Waals surface area contributed by atoms with Crippen LogP contribution in [0.25, 0.3) is 0 Å². The zero-order valence-corrected chi connectivity index (χ0v) is 14.3. The summed E-state index contributed by atoms with van der Waals surface area (Å²) in [5.74, 6) is -0.937. The van der Waals surface area contributed by atoms with Crippen molar-refractivity contribution < 1.29 is 36.2 Å². The van der Waals surface area contributed by atoms with Gasteiger partial charge in [0.25, 0.3) is 0 Å². The van der Waals surface area contributed by atoms with E-state index in [4.69, 9.17) is 0 Å². The number of phenolic OH excluding ortho intramolecular Hbond substituents is 1. The summed E-state index contributed by atoms with van der Waals surface area (Å²) in [6.07, 6.45) is -10.8. The van der Waals surface area contributed by atoms with Gasteiger partial charge in [0.05, 0.1) is 0 Å². The number of piperazine rings is 1. The van der Waals surface area contributed by atoms with Crippen molar-refractivity contribution in [1.29, 1.82) is 0 Å². The van der Waals surface area contributed by atoms with E-state index in [1.54, 1.807) is 4.90 Å². The third kappa shape index (κ3) is 7.08. The van der Waals surface area contributed by atoms with Gasteiger partial charge < -0.3 is 15.2 Å². The Bertz CT molecular complexity index is 576. The molecular weight excluding hydrogens is 390 g/mol. The molecule has 11 heteroatoms. The molecule has 26 heavy (non-hydrogen) atoms. The smallest absolute Gasteiger partial charge is 0.508 e. The van der Waals surface area contributed by atoms with Gasteiger partial charge in [0.2, 0.25) is 0 Å². The van der Waals surface area contributed by atoms with Crippen LogP contribution in [-0.2, 0) is 0 Å². The summed E-state index contributed by atoms with van der Waals surface area (Å²) in [5.41, 5.74) is -0.00657. The number of phenols is 1. The van der Waals surface area contributed by atoms with Gasteiger partial charge in [-0.1, -0.05) is 0 Å². The number of nitrogens with zero attached hydrogens (tertiary/aromatic N) is 1. The Morgan fingerprint density at radius 1 is 1.12 bits per heavy atom. The maximum absolute atomic E-state index is 12.6. The van der Waals surface area contributed by atoms with Crippen LogP contribution in [0.15, 0.2) is 18.2 Å². The normalized spacial score (nSPS) is 17.5. The Labute approximate surface area is 152 Å². The van der Waals surface area contributed by atoms with Crippen molar-refractivity contribution in [3.8, 4) is 11.5 Å². The average molecular weight is 409 g/mol. The molecule has 0 aromatic heterocycles. The molecule has 0 bridgehead atoms. The van der Waals surface area contributed by atoms with Gasteiger partial charge in [0.1, 0.15) is 11.5 Å². The van der Waals surface area contributed by atoms with Crippen molar-refractivity contribution in [2.75, 3.05) is 26.2 Å². The molecule has 0 unspecified atom stereocenters. The largest absolute Gasteiger partial charge is 0.573 e. The molecule has 1 aliphatic heterocycles. The highest BCUT2D eigenvalue weighted by Gasteiger charge is 2.34. The minimum absolute atomic E-state index is 0. The number of alkyl halides is 6. The molecule has 4 nitrogen and oxygen atoms in total. The first kappa shape index (κ1) is 22.7. The van der Waals surface area contributed by atoms with Gasteiger partial charge in [-0.2, -0.15) is 13.2 Å². The molecule has 1 heterocycles. The molecule has 2 N–H and O–H groups in total. The van der Waals surface area contributed by atoms with Crippen LogP contribution in [0.1, 0.15) is 24.4 Å². The summed E-state index contributed by atoms with van der Waals surface area (Å²) in [7, 11) is 0. The lowest BCUT2D eigenvalue weighted by Crippen LogP contribution is -2.45. The van der Waals surface area contributed by atoms with E-state index >= 15 is 0 Å². The van der Waals surface area contributed by atoms with E-state index in [0.717, 1.165) is 18.2 Å². The molecule has 1 aromatic rings. The van der Waals surface area contributed by atoms with Gasteiger partial charge in [-0.25, -0.2) is 0 Å². The van der Waals surface area contributed by atoms with E-state index in [2.05, 4.69) is 10.1 Å². The summed E-state index contributed by atoms with van der Waals surface area (Å²) in [5, 5.41) is 13.1. The molecule has 1 aromatic carbocycles. The molecule has 1 saturated heterocycles. The molecule has 150 valence electrons. The molecule has 0 radical (unpaired) electrons. The van der Waals surface area contributed by atoms with Crippen molar-refractivity contribution >= 4 is 12.4 Å². The van der Waals surface area contributed by atoms with Gasteiger partial charge in [-0.05, 0) is 24.6 Å². The van der Waals surface area contributed by atoms with E-state index in [1.807, 2.05) is 0 Å². The second kappa shape index (κ2) is 9.01. The first-order valence-corrected chi connectivity index (χ1v) is 7.65. The third-order valence-corrected chi connectivity index (χ3v) is 3.89. The highest BCUT2D eigenvalue weighted by molar-refractivity contribution is 5.85. The molecule has 1 atom stereocenters. The monoisotopic (exact) mass is 408 g/mol. The van der Waals surface area contributed by atoms with Gasteiger partial charge in [-0.3, -0.25) is 4.90 Å². The highest BCUT2D eigenvalue weighted by Crippen LogP contribution is 2.38. The van der Waals surface area contributed by atoms with Crippen LogP contribution >= 0.6 is 12.4 Å². The Balaban J connectivity index is 0.00000338. The predicted octanol–water partition coefficient (Wildman–Crippen LogP) is 4.00. The zero-order chi connectivity index (χ0) is 18.7. The van der Waals surface area contributed by atoms with Gasteiger partial charge in [-0.15, -0.1) is 25.6 Å². The molecule has 0 amide bonds. The summed E-state index contributed by atoms with van der Waals surface area (Å²) in [4.78, 5) is 1.72. The number of aromatic hydroxyl groups is 1. The number of hydrogen-bond donors (Lipinski definition) is 2. The standard InChI is InChI=1S/C15H18F6N2O2.ClH/c16-14(17,18)4-3-12(23-7-5-22-6-8-23)11-9-10(1-2-13(11)24)25-15(19,20)21;/h1-2,9,12,22,24H,3-8H2;1H/t12-;/m1./s1. The fourth-order valence-electron chi connectivity index (χ4n) is 2.83. The average Bonchev–Trinajstić information content (AvgIpc) is 2.49. The zero-order valence-electron chi connectivity index (χ0n) is 13.5. The second-order valence-electron chi connectivity index (χ2n) is 5.72. The van der Waals surface area contributed by atoms with Gasteiger partial charge in [0, 0.05) is 44.2 Å². The first-order chi connectivity index (χ1) is 11.6. The van der Waals surface area contributed by atoms with Crippen molar-refractivity contribution in [2.24, 2.45) is 0 Å². The summed E-state index contributed by atoms with van der Waals surface area (Å²) < 4.78 is 78.9. The fourth-order valence-corrected chi connectivity index (χ4v) is 2.83. The lowest BCUT2D eigenvalue weighted by atomic mass is 9.98. The van der Waals surface area contributed by atoms with Crippen LogP contribution in [0, 0.1) is 0 Å². The SMILES string of the molecule is Cl.Oc1ccc(OC(F)(F)F)cc1[C@@H](CCC(F)(F)F)N1CCNCC1. The molecule has 2 rings (SSSR count). The number of hydrogen-bond acceptors (Lipinski definition) is 4. The quantitative estimate of drug-likeness (QED) is 0.723. The Hall–Kier alpha value is -1.39. The Morgan fingerprint density at radius 3 is 2.27 bits per heavy atom. The number of benzene rings is 1. The minimum atomic E-state index is -4.93. The van der Waals surface area contributed by atoms with E-state index in [1.165, 1.54) is 0 Å². The number of nitrogens with one attached hydrogen (secondary N) is 1. The van der Waals surface area contributed by atoms with Gasteiger partial charge >= 0.3 is 12.5 Å². The van der Waals surface area contributed by atoms with Crippen LogP contribution in [-0.4, -0.2) is 48.7 Å². The maximum atomic E-state index is 12.6. The lowest BCUT2D eigenvalue weighted by molar-refractivity contribution is -0.274. The molecule has 0 aliphatic carbocycles. The predicted molar refractivity (Wildman–Crippen MR) is 84.5 cm³/mol. The van der Waals surface area contributed by atoms with Crippen LogP contribution in [0.4, 0.5) is 26.3 Å². The maximum Gasteiger partial charge on any atom is 0.573 e. The summed E-state index contributed by atoms with van der Waals surface area (Å²) in [6.45, 7) is 1.93. The fraction of sp³-hybridized carbons (Fsp3) is 0.600. The number of rotatable bonds is 5. The van der Waals surface area contributed by atoms with E-state index in [-0.39, 0.29) is 30.1 Å². The summed E-state index contributed by atoms with van der Waals surface area (Å²) >= 11 is 0. The van der Waals surface area contributed by atoms with E-state index in [9.17, 15) is 31.4 Å². The van der Waals surface area contributed by atoms with Crippen molar-refractivity contribution in [2.45, 2.75) is 31.4 Å². The first-order valence-electron chi connectivity index (χ1n) is 7.65. The summed E-state index contributed by atoms with van der Waals surface area (Å²) in [6, 6.07) is 2.01. The Kier molecular flexibility index (Phi) is 7.85. The van der Waals surface area contributed by atoms with E-state index in [0.29, 0.717) is 26.2 Å². The molecule has 1 aliphatic rings. The third-order valence-electron chi connectivity index (χ3n) is 3.89. The molecule has 0 spiro atoms. The molecule has 0 saturated carbocycles. The molecule has 1 fully saturated rings. The van der Waals surface area contributed by atoms with Crippen LogP contribution in [0.3, 0.4) is 0 Å². The van der Waals surface area contributed by atoms with Crippen LogP contribution in [0.2, 0.25) is 0 Å².